The lowest BCUT2D eigenvalue weighted by molar-refractivity contribution is 0.116. The topological polar surface area (TPSA) is 51.9 Å². The van der Waals surface area contributed by atoms with Gasteiger partial charge in [0.05, 0.1) is 5.69 Å². The summed E-state index contributed by atoms with van der Waals surface area (Å²) in [6.07, 6.45) is 2.11. The molecule has 1 fully saturated rings. The van der Waals surface area contributed by atoms with E-state index in [2.05, 4.69) is 71.3 Å². The van der Waals surface area contributed by atoms with Gasteiger partial charge in [-0.3, -0.25) is 14.6 Å². The molecule has 0 spiro atoms. The van der Waals surface area contributed by atoms with Gasteiger partial charge in [0.25, 0.3) is 0 Å². The van der Waals surface area contributed by atoms with Crippen LogP contribution in [0, 0.1) is 0 Å². The molecule has 0 amide bonds. The SMILES string of the molecule is CN=C(NCC1CN(C)CCN1C)N(C)Cc1cn(C)nc1C(C)C. The summed E-state index contributed by atoms with van der Waals surface area (Å²) in [7, 11) is 10.3. The van der Waals surface area contributed by atoms with E-state index in [0.717, 1.165) is 38.7 Å². The maximum Gasteiger partial charge on any atom is 0.193 e. The van der Waals surface area contributed by atoms with Crippen molar-refractivity contribution in [3.63, 3.8) is 0 Å². The molecule has 25 heavy (non-hydrogen) atoms. The first-order valence-corrected chi connectivity index (χ1v) is 9.14. The molecule has 2 heterocycles. The van der Waals surface area contributed by atoms with Crippen molar-refractivity contribution in [2.75, 3.05) is 54.4 Å². The lowest BCUT2D eigenvalue weighted by Crippen LogP contribution is -2.55. The fourth-order valence-corrected chi connectivity index (χ4v) is 3.41. The van der Waals surface area contributed by atoms with Crippen LogP contribution < -0.4 is 5.32 Å². The normalized spacial score (nSPS) is 20.3. The van der Waals surface area contributed by atoms with Crippen molar-refractivity contribution in [2.45, 2.75) is 32.4 Å². The number of aryl methyl sites for hydroxylation is 1. The molecule has 0 aliphatic carbocycles. The average Bonchev–Trinajstić information content (AvgIpc) is 2.91. The van der Waals surface area contributed by atoms with Crippen molar-refractivity contribution in [3.8, 4) is 0 Å². The highest BCUT2D eigenvalue weighted by atomic mass is 15.3. The van der Waals surface area contributed by atoms with E-state index in [9.17, 15) is 0 Å². The molecule has 7 heteroatoms. The van der Waals surface area contributed by atoms with Crippen LogP contribution in [0.3, 0.4) is 0 Å². The third kappa shape index (κ3) is 5.19. The predicted molar refractivity (Wildman–Crippen MR) is 104 cm³/mol. The molecule has 0 saturated carbocycles. The van der Waals surface area contributed by atoms with Gasteiger partial charge in [-0.1, -0.05) is 13.8 Å². The maximum absolute atomic E-state index is 4.60. The molecule has 1 aromatic rings. The fraction of sp³-hybridized carbons (Fsp3) is 0.778. The van der Waals surface area contributed by atoms with Gasteiger partial charge in [-0.2, -0.15) is 5.10 Å². The summed E-state index contributed by atoms with van der Waals surface area (Å²) >= 11 is 0. The zero-order chi connectivity index (χ0) is 18.6. The van der Waals surface area contributed by atoms with Gasteiger partial charge in [0.2, 0.25) is 0 Å². The number of aromatic nitrogens is 2. The number of likely N-dealkylation sites (N-methyl/N-ethyl adjacent to an activating group) is 2. The van der Waals surface area contributed by atoms with Gasteiger partial charge in [0.15, 0.2) is 5.96 Å². The van der Waals surface area contributed by atoms with Gasteiger partial charge >= 0.3 is 0 Å². The Balaban J connectivity index is 1.96. The number of hydrogen-bond acceptors (Lipinski definition) is 4. The summed E-state index contributed by atoms with van der Waals surface area (Å²) in [6, 6.07) is 0.508. The van der Waals surface area contributed by atoms with Crippen molar-refractivity contribution in [1.82, 2.24) is 29.8 Å². The Morgan fingerprint density at radius 3 is 2.72 bits per heavy atom. The van der Waals surface area contributed by atoms with Crippen LogP contribution in [-0.4, -0.2) is 90.9 Å². The second kappa shape index (κ2) is 8.67. The van der Waals surface area contributed by atoms with E-state index < -0.39 is 0 Å². The smallest absolute Gasteiger partial charge is 0.193 e. The number of rotatable bonds is 5. The standard InChI is InChI=1S/C18H35N7/c1-14(2)17-15(12-25(7)21-17)11-24(6)18(19-3)20-10-16-13-22(4)8-9-23(16)5/h12,14,16H,8-11,13H2,1-7H3,(H,19,20). The first-order chi connectivity index (χ1) is 11.8. The van der Waals surface area contributed by atoms with Crippen LogP contribution in [0.15, 0.2) is 11.2 Å². The van der Waals surface area contributed by atoms with E-state index in [4.69, 9.17) is 0 Å². The zero-order valence-corrected chi connectivity index (χ0v) is 17.0. The minimum atomic E-state index is 0.422. The summed E-state index contributed by atoms with van der Waals surface area (Å²) < 4.78 is 1.90. The molecule has 1 unspecified atom stereocenters. The highest BCUT2D eigenvalue weighted by molar-refractivity contribution is 5.79. The number of piperazine rings is 1. The van der Waals surface area contributed by atoms with Gasteiger partial charge in [-0.05, 0) is 20.0 Å². The number of aliphatic imine (C=N–C) groups is 1. The second-order valence-corrected chi connectivity index (χ2v) is 7.55. The molecule has 0 radical (unpaired) electrons. The van der Waals surface area contributed by atoms with Crippen molar-refractivity contribution in [1.29, 1.82) is 0 Å². The minimum Gasteiger partial charge on any atom is -0.355 e. The molecule has 0 aromatic carbocycles. The second-order valence-electron chi connectivity index (χ2n) is 7.55. The molecule has 2 rings (SSSR count). The Labute approximate surface area is 152 Å². The van der Waals surface area contributed by atoms with E-state index >= 15 is 0 Å². The summed E-state index contributed by atoms with van der Waals surface area (Å²) in [5.74, 6) is 1.35. The molecule has 142 valence electrons. The summed E-state index contributed by atoms with van der Waals surface area (Å²) in [5.41, 5.74) is 2.43. The highest BCUT2D eigenvalue weighted by Crippen LogP contribution is 2.18. The van der Waals surface area contributed by atoms with Crippen LogP contribution in [0.1, 0.15) is 31.0 Å². The maximum atomic E-state index is 4.60. The Kier molecular flexibility index (Phi) is 6.84. The monoisotopic (exact) mass is 349 g/mol. The average molecular weight is 350 g/mol. The van der Waals surface area contributed by atoms with E-state index in [1.54, 1.807) is 0 Å². The van der Waals surface area contributed by atoms with Crippen molar-refractivity contribution in [2.24, 2.45) is 12.0 Å². The molecule has 1 atom stereocenters. The van der Waals surface area contributed by atoms with E-state index in [1.165, 1.54) is 11.3 Å². The van der Waals surface area contributed by atoms with Gasteiger partial charge < -0.3 is 15.1 Å². The lowest BCUT2D eigenvalue weighted by Gasteiger charge is -2.38. The number of nitrogens with zero attached hydrogens (tertiary/aromatic N) is 6. The third-order valence-corrected chi connectivity index (χ3v) is 4.94. The van der Waals surface area contributed by atoms with Gasteiger partial charge in [0.1, 0.15) is 0 Å². The molecule has 1 saturated heterocycles. The first kappa shape index (κ1) is 19.7. The summed E-state index contributed by atoms with van der Waals surface area (Å²) in [6.45, 7) is 9.43. The number of nitrogens with one attached hydrogen (secondary N) is 1. The molecular formula is C18H35N7. The minimum absolute atomic E-state index is 0.422. The van der Waals surface area contributed by atoms with Gasteiger partial charge in [0, 0.05) is 71.7 Å². The van der Waals surface area contributed by atoms with Gasteiger partial charge in [-0.15, -0.1) is 0 Å². The number of hydrogen-bond donors (Lipinski definition) is 1. The zero-order valence-electron chi connectivity index (χ0n) is 17.0. The van der Waals surface area contributed by atoms with Gasteiger partial charge in [-0.25, -0.2) is 0 Å². The van der Waals surface area contributed by atoms with Crippen molar-refractivity contribution >= 4 is 5.96 Å². The van der Waals surface area contributed by atoms with Crippen LogP contribution in [0.2, 0.25) is 0 Å². The van der Waals surface area contributed by atoms with E-state index in [0.29, 0.717) is 12.0 Å². The molecular weight excluding hydrogens is 314 g/mol. The van der Waals surface area contributed by atoms with Crippen LogP contribution in [0.5, 0.6) is 0 Å². The lowest BCUT2D eigenvalue weighted by atomic mass is 10.1. The summed E-state index contributed by atoms with van der Waals surface area (Å²) in [4.78, 5) is 11.5. The third-order valence-electron chi connectivity index (χ3n) is 4.94. The Bertz CT molecular complexity index is 578. The molecule has 0 bridgehead atoms. The quantitative estimate of drug-likeness (QED) is 0.629. The Morgan fingerprint density at radius 2 is 2.08 bits per heavy atom. The molecule has 7 nitrogen and oxygen atoms in total. The highest BCUT2D eigenvalue weighted by Gasteiger charge is 2.23. The van der Waals surface area contributed by atoms with Crippen LogP contribution in [0.25, 0.3) is 0 Å². The van der Waals surface area contributed by atoms with Crippen molar-refractivity contribution < 1.29 is 0 Å². The largest absolute Gasteiger partial charge is 0.355 e. The predicted octanol–water partition coefficient (Wildman–Crippen LogP) is 0.797. The molecule has 1 aromatic heterocycles. The first-order valence-electron chi connectivity index (χ1n) is 9.14. The molecule has 1 aliphatic heterocycles. The molecule has 1 N–H and O–H groups in total. The Hall–Kier alpha value is -1.60. The fourth-order valence-electron chi connectivity index (χ4n) is 3.41. The van der Waals surface area contributed by atoms with Crippen LogP contribution in [0.4, 0.5) is 0 Å². The number of guanidine groups is 1. The van der Waals surface area contributed by atoms with E-state index in [1.807, 2.05) is 18.8 Å². The van der Waals surface area contributed by atoms with E-state index in [-0.39, 0.29) is 0 Å². The Morgan fingerprint density at radius 1 is 1.36 bits per heavy atom. The summed E-state index contributed by atoms with van der Waals surface area (Å²) in [5, 5.41) is 8.15. The van der Waals surface area contributed by atoms with Crippen LogP contribution >= 0.6 is 0 Å². The molecule has 1 aliphatic rings. The van der Waals surface area contributed by atoms with Crippen molar-refractivity contribution in [3.05, 3.63) is 17.5 Å². The van der Waals surface area contributed by atoms with Crippen LogP contribution in [-0.2, 0) is 13.6 Å².